The first-order chi connectivity index (χ1) is 14.4. The molecule has 9 heteroatoms. The summed E-state index contributed by atoms with van der Waals surface area (Å²) in [6, 6.07) is 12.1. The molecule has 0 bridgehead atoms. The number of halogens is 1. The normalized spacial score (nSPS) is 15.3. The van der Waals surface area contributed by atoms with Crippen molar-refractivity contribution in [2.45, 2.75) is 6.54 Å². The fraction of sp³-hybridized carbons (Fsp3) is 0.0952. The molecule has 7 nitrogen and oxygen atoms in total. The second kappa shape index (κ2) is 8.03. The van der Waals surface area contributed by atoms with E-state index in [1.165, 1.54) is 37.5 Å². The highest BCUT2D eigenvalue weighted by molar-refractivity contribution is 8.18. The second-order valence-electron chi connectivity index (χ2n) is 6.23. The van der Waals surface area contributed by atoms with E-state index in [2.05, 4.69) is 4.74 Å². The van der Waals surface area contributed by atoms with Crippen LogP contribution in [0.15, 0.2) is 62.3 Å². The Morgan fingerprint density at radius 1 is 1.10 bits per heavy atom. The van der Waals surface area contributed by atoms with Crippen molar-refractivity contribution in [2.24, 2.45) is 0 Å². The minimum Gasteiger partial charge on any atom is -0.463 e. The van der Waals surface area contributed by atoms with Gasteiger partial charge in [-0.15, -0.1) is 0 Å². The minimum absolute atomic E-state index is 0.0149. The molecule has 0 atom stereocenters. The van der Waals surface area contributed by atoms with Gasteiger partial charge in [-0.3, -0.25) is 14.5 Å². The van der Waals surface area contributed by atoms with Crippen molar-refractivity contribution in [3.63, 3.8) is 0 Å². The van der Waals surface area contributed by atoms with Crippen molar-refractivity contribution in [3.05, 3.63) is 76.5 Å². The highest BCUT2D eigenvalue weighted by Crippen LogP contribution is 2.34. The first kappa shape index (κ1) is 19.7. The van der Waals surface area contributed by atoms with Gasteiger partial charge in [-0.2, -0.15) is 0 Å². The molecule has 1 fully saturated rings. The fourth-order valence-electron chi connectivity index (χ4n) is 2.79. The number of rotatable bonds is 5. The van der Waals surface area contributed by atoms with Gasteiger partial charge in [0.25, 0.3) is 11.1 Å². The molecule has 0 aliphatic carbocycles. The van der Waals surface area contributed by atoms with Gasteiger partial charge in [0.1, 0.15) is 23.1 Å². The number of carbonyl (C=O) groups excluding carboxylic acids is 3. The summed E-state index contributed by atoms with van der Waals surface area (Å²) >= 11 is 0.776. The van der Waals surface area contributed by atoms with Crippen molar-refractivity contribution < 1.29 is 32.3 Å². The highest BCUT2D eigenvalue weighted by atomic mass is 32.2. The monoisotopic (exact) mass is 427 g/mol. The maximum atomic E-state index is 13.1. The summed E-state index contributed by atoms with van der Waals surface area (Å²) < 4.78 is 28.6. The van der Waals surface area contributed by atoms with Gasteiger partial charge in [0.2, 0.25) is 5.76 Å². The van der Waals surface area contributed by atoms with Crippen molar-refractivity contribution in [1.29, 1.82) is 0 Å². The molecule has 2 aromatic heterocycles. The molecule has 1 saturated heterocycles. The lowest BCUT2D eigenvalue weighted by molar-refractivity contribution is -0.123. The Kier molecular flexibility index (Phi) is 5.28. The van der Waals surface area contributed by atoms with Crippen LogP contribution in [-0.2, 0) is 16.1 Å². The molecule has 4 rings (SSSR count). The van der Waals surface area contributed by atoms with Gasteiger partial charge in [-0.1, -0.05) is 0 Å². The molecule has 0 radical (unpaired) electrons. The smallest absolute Gasteiger partial charge is 0.373 e. The zero-order chi connectivity index (χ0) is 21.3. The first-order valence-corrected chi connectivity index (χ1v) is 9.54. The lowest BCUT2D eigenvalue weighted by Crippen LogP contribution is -2.27. The number of amides is 2. The molecule has 3 heterocycles. The minimum atomic E-state index is -0.648. The quantitative estimate of drug-likeness (QED) is 0.431. The predicted molar refractivity (Wildman–Crippen MR) is 106 cm³/mol. The molecule has 0 saturated carbocycles. The number of esters is 1. The Balaban J connectivity index is 1.50. The SMILES string of the molecule is COC(=O)c1ccc(CN2C(=O)S/C(=C/c3ccc(-c4ccc(F)cc4)o3)C2=O)o1. The number of furan rings is 2. The van der Waals surface area contributed by atoms with Crippen LogP contribution in [0.25, 0.3) is 17.4 Å². The summed E-state index contributed by atoms with van der Waals surface area (Å²) in [6.45, 7) is -0.113. The van der Waals surface area contributed by atoms with Gasteiger partial charge in [-0.05, 0) is 60.3 Å². The average molecular weight is 427 g/mol. The van der Waals surface area contributed by atoms with Crippen molar-refractivity contribution in [2.75, 3.05) is 7.11 Å². The second-order valence-corrected chi connectivity index (χ2v) is 7.23. The summed E-state index contributed by atoms with van der Waals surface area (Å²) in [6.07, 6.45) is 1.47. The number of hydrogen-bond acceptors (Lipinski definition) is 7. The third kappa shape index (κ3) is 3.92. The number of hydrogen-bond donors (Lipinski definition) is 0. The largest absolute Gasteiger partial charge is 0.463 e. The average Bonchev–Trinajstić information content (AvgIpc) is 3.45. The van der Waals surface area contributed by atoms with Crippen LogP contribution >= 0.6 is 11.8 Å². The number of carbonyl (C=O) groups is 3. The Bertz CT molecular complexity index is 1160. The third-order valence-electron chi connectivity index (χ3n) is 4.26. The fourth-order valence-corrected chi connectivity index (χ4v) is 3.61. The number of ether oxygens (including phenoxy) is 1. The summed E-state index contributed by atoms with van der Waals surface area (Å²) in [5.74, 6) is -0.355. The van der Waals surface area contributed by atoms with E-state index >= 15 is 0 Å². The van der Waals surface area contributed by atoms with E-state index in [4.69, 9.17) is 8.83 Å². The van der Waals surface area contributed by atoms with Gasteiger partial charge in [-0.25, -0.2) is 9.18 Å². The zero-order valence-corrected chi connectivity index (χ0v) is 16.4. The number of imide groups is 1. The summed E-state index contributed by atoms with van der Waals surface area (Å²) in [4.78, 5) is 37.6. The number of nitrogens with zero attached hydrogens (tertiary/aromatic N) is 1. The van der Waals surface area contributed by atoms with E-state index in [-0.39, 0.29) is 28.8 Å². The maximum absolute atomic E-state index is 13.1. The molecule has 1 aliphatic heterocycles. The zero-order valence-electron chi connectivity index (χ0n) is 15.6. The van der Waals surface area contributed by atoms with E-state index in [9.17, 15) is 18.8 Å². The Labute approximate surface area is 174 Å². The van der Waals surface area contributed by atoms with Crippen molar-refractivity contribution >= 4 is 35.0 Å². The molecule has 30 heavy (non-hydrogen) atoms. The lowest BCUT2D eigenvalue weighted by atomic mass is 10.2. The highest BCUT2D eigenvalue weighted by Gasteiger charge is 2.36. The van der Waals surface area contributed by atoms with Crippen molar-refractivity contribution in [1.82, 2.24) is 4.90 Å². The molecule has 152 valence electrons. The van der Waals surface area contributed by atoms with Crippen LogP contribution in [0, 0.1) is 5.82 Å². The number of methoxy groups -OCH3 is 1. The van der Waals surface area contributed by atoms with E-state index in [1.54, 1.807) is 24.3 Å². The van der Waals surface area contributed by atoms with E-state index in [0.717, 1.165) is 16.7 Å². The molecule has 2 amide bonds. The third-order valence-corrected chi connectivity index (χ3v) is 5.17. The van der Waals surface area contributed by atoms with Crippen molar-refractivity contribution in [3.8, 4) is 11.3 Å². The van der Waals surface area contributed by atoms with Gasteiger partial charge >= 0.3 is 5.97 Å². The van der Waals surface area contributed by atoms with Crippen LogP contribution in [0.1, 0.15) is 22.1 Å². The van der Waals surface area contributed by atoms with Gasteiger partial charge in [0.15, 0.2) is 0 Å². The first-order valence-electron chi connectivity index (χ1n) is 8.73. The molecule has 1 aliphatic rings. The van der Waals surface area contributed by atoms with Crippen LogP contribution < -0.4 is 0 Å². The number of thioether (sulfide) groups is 1. The maximum Gasteiger partial charge on any atom is 0.373 e. The van der Waals surface area contributed by atoms with E-state index < -0.39 is 17.1 Å². The molecular formula is C21H14FNO6S. The Morgan fingerprint density at radius 3 is 2.60 bits per heavy atom. The van der Waals surface area contributed by atoms with E-state index in [0.29, 0.717) is 17.1 Å². The van der Waals surface area contributed by atoms with Crippen LogP contribution in [-0.4, -0.2) is 29.1 Å². The summed E-state index contributed by atoms with van der Waals surface area (Å²) in [5.41, 5.74) is 0.684. The van der Waals surface area contributed by atoms with E-state index in [1.807, 2.05) is 0 Å². The van der Waals surface area contributed by atoms with Crippen LogP contribution in [0.4, 0.5) is 9.18 Å². The standard InChI is InChI=1S/C21H14FNO6S/c1-27-20(25)17-9-7-15(29-17)11-23-19(24)18(30-21(23)26)10-14-6-8-16(28-14)12-2-4-13(22)5-3-12/h2-10H,11H2,1H3/b18-10+. The summed E-state index contributed by atoms with van der Waals surface area (Å²) in [5, 5.41) is -0.465. The van der Waals surface area contributed by atoms with Crippen LogP contribution in [0.2, 0.25) is 0 Å². The number of benzene rings is 1. The summed E-state index contributed by atoms with van der Waals surface area (Å²) in [7, 11) is 1.22. The molecule has 0 unspecified atom stereocenters. The predicted octanol–water partition coefficient (Wildman–Crippen LogP) is 4.70. The molecule has 0 spiro atoms. The van der Waals surface area contributed by atoms with Gasteiger partial charge < -0.3 is 13.6 Å². The van der Waals surface area contributed by atoms with Gasteiger partial charge in [0.05, 0.1) is 18.6 Å². The molecule has 1 aromatic carbocycles. The molecular weight excluding hydrogens is 413 g/mol. The van der Waals surface area contributed by atoms with Crippen LogP contribution in [0.3, 0.4) is 0 Å². The Morgan fingerprint density at radius 2 is 1.87 bits per heavy atom. The Hall–Kier alpha value is -3.59. The van der Waals surface area contributed by atoms with Crippen LogP contribution in [0.5, 0.6) is 0 Å². The molecule has 3 aromatic rings. The topological polar surface area (TPSA) is 90.0 Å². The lowest BCUT2D eigenvalue weighted by Gasteiger charge is -2.09. The molecule has 0 N–H and O–H groups in total. The van der Waals surface area contributed by atoms with Gasteiger partial charge in [0, 0.05) is 11.6 Å².